The number of carbonyl (C=O) groups excluding carboxylic acids is 1. The Labute approximate surface area is 218 Å². The lowest BCUT2D eigenvalue weighted by Gasteiger charge is -2.15. The molecule has 0 bridgehead atoms. The van der Waals surface area contributed by atoms with Gasteiger partial charge in [0.25, 0.3) is 5.91 Å². The number of para-hydroxylation sites is 1. The molecule has 1 amide bonds. The highest BCUT2D eigenvalue weighted by Gasteiger charge is 2.24. The van der Waals surface area contributed by atoms with Crippen LogP contribution in [0.15, 0.2) is 81.1 Å². The predicted octanol–water partition coefficient (Wildman–Crippen LogP) is 6.92. The van der Waals surface area contributed by atoms with Crippen molar-refractivity contribution in [1.29, 1.82) is 0 Å². The molecule has 1 fully saturated rings. The van der Waals surface area contributed by atoms with Crippen molar-refractivity contribution in [3.8, 4) is 11.5 Å². The zero-order chi connectivity index (χ0) is 23.2. The summed E-state index contributed by atoms with van der Waals surface area (Å²) in [5.74, 6) is 1.07. The first-order valence-corrected chi connectivity index (χ1v) is 12.9. The number of nitrogens with one attached hydrogen (secondary N) is 1. The first kappa shape index (κ1) is 23.8. The van der Waals surface area contributed by atoms with E-state index in [1.807, 2.05) is 79.7 Å². The Bertz CT molecular complexity index is 1230. The van der Waals surface area contributed by atoms with Crippen LogP contribution >= 0.6 is 50.3 Å². The highest BCUT2D eigenvalue weighted by molar-refractivity contribution is 14.1. The molecular weight excluding hydrogens is 615 g/mol. The van der Waals surface area contributed by atoms with Gasteiger partial charge in [-0.25, -0.2) is 4.99 Å². The Morgan fingerprint density at radius 3 is 2.61 bits per heavy atom. The van der Waals surface area contributed by atoms with Crippen LogP contribution in [-0.2, 0) is 11.4 Å². The second-order valence-electron chi connectivity index (χ2n) is 6.97. The summed E-state index contributed by atoms with van der Waals surface area (Å²) >= 11 is 7.15. The van der Waals surface area contributed by atoms with Crippen molar-refractivity contribution in [1.82, 2.24) is 5.32 Å². The molecule has 1 aliphatic heterocycles. The Morgan fingerprint density at radius 2 is 1.85 bits per heavy atom. The summed E-state index contributed by atoms with van der Waals surface area (Å²) in [6.07, 6.45) is 1.83. The second kappa shape index (κ2) is 11.2. The molecule has 0 radical (unpaired) electrons. The minimum absolute atomic E-state index is 0.178. The van der Waals surface area contributed by atoms with Gasteiger partial charge in [-0.2, -0.15) is 0 Å². The molecule has 33 heavy (non-hydrogen) atoms. The van der Waals surface area contributed by atoms with Crippen LogP contribution in [0.3, 0.4) is 0 Å². The summed E-state index contributed by atoms with van der Waals surface area (Å²) in [7, 11) is 0. The molecule has 0 unspecified atom stereocenters. The van der Waals surface area contributed by atoms with Gasteiger partial charge in [0.1, 0.15) is 6.61 Å². The fourth-order valence-electron chi connectivity index (χ4n) is 3.09. The number of benzene rings is 3. The van der Waals surface area contributed by atoms with Gasteiger partial charge in [-0.3, -0.25) is 4.79 Å². The minimum Gasteiger partial charge on any atom is -0.490 e. The molecule has 3 aromatic carbocycles. The Balaban J connectivity index is 1.57. The fraction of sp³-hybridized carbons (Fsp3) is 0.120. The molecule has 1 saturated heterocycles. The van der Waals surface area contributed by atoms with Crippen molar-refractivity contribution < 1.29 is 14.3 Å². The highest BCUT2D eigenvalue weighted by Crippen LogP contribution is 2.39. The monoisotopic (exact) mass is 634 g/mol. The lowest BCUT2D eigenvalue weighted by molar-refractivity contribution is -0.115. The predicted molar refractivity (Wildman–Crippen MR) is 146 cm³/mol. The first-order valence-electron chi connectivity index (χ1n) is 10.2. The molecule has 0 spiro atoms. The quantitative estimate of drug-likeness (QED) is 0.226. The molecule has 8 heteroatoms. The number of nitrogens with zero attached hydrogens (tertiary/aromatic N) is 1. The van der Waals surface area contributed by atoms with E-state index in [0.717, 1.165) is 24.9 Å². The van der Waals surface area contributed by atoms with Gasteiger partial charge in [-0.1, -0.05) is 42.5 Å². The molecule has 1 aliphatic rings. The summed E-state index contributed by atoms with van der Waals surface area (Å²) in [4.78, 5) is 17.7. The Kier molecular flexibility index (Phi) is 8.11. The topological polar surface area (TPSA) is 59.9 Å². The number of carbonyl (C=O) groups is 1. The van der Waals surface area contributed by atoms with Gasteiger partial charge < -0.3 is 14.8 Å². The molecule has 1 heterocycles. The Morgan fingerprint density at radius 1 is 1.09 bits per heavy atom. The van der Waals surface area contributed by atoms with Crippen molar-refractivity contribution >= 4 is 73.1 Å². The van der Waals surface area contributed by atoms with Gasteiger partial charge in [0, 0.05) is 3.57 Å². The summed E-state index contributed by atoms with van der Waals surface area (Å²) in [6, 6.07) is 21.5. The number of hydrogen-bond donors (Lipinski definition) is 1. The van der Waals surface area contributed by atoms with Crippen LogP contribution in [0.2, 0.25) is 0 Å². The van der Waals surface area contributed by atoms with E-state index in [-0.39, 0.29) is 5.91 Å². The van der Waals surface area contributed by atoms with Crippen molar-refractivity contribution in [2.24, 2.45) is 4.99 Å². The number of hydrogen-bond acceptors (Lipinski definition) is 5. The molecule has 0 saturated carbocycles. The van der Waals surface area contributed by atoms with Crippen LogP contribution in [0.25, 0.3) is 6.08 Å². The molecule has 168 valence electrons. The van der Waals surface area contributed by atoms with E-state index in [0.29, 0.717) is 34.8 Å². The number of aliphatic imine (C=N–C) groups is 1. The van der Waals surface area contributed by atoms with E-state index >= 15 is 0 Å². The molecule has 1 N–H and O–H groups in total. The third-order valence-electron chi connectivity index (χ3n) is 4.58. The third kappa shape index (κ3) is 6.18. The molecule has 0 aromatic heterocycles. The van der Waals surface area contributed by atoms with Crippen LogP contribution in [-0.4, -0.2) is 17.7 Å². The van der Waals surface area contributed by atoms with E-state index in [1.54, 1.807) is 0 Å². The van der Waals surface area contributed by atoms with Crippen LogP contribution in [0.5, 0.6) is 11.5 Å². The second-order valence-corrected chi connectivity index (χ2v) is 10.0. The average molecular weight is 635 g/mol. The van der Waals surface area contributed by atoms with E-state index < -0.39 is 0 Å². The SMILES string of the molecule is CCOc1cc(/C=C2/SC(=Nc3ccccc3I)NC2=O)cc(Br)c1OCc1ccccc1. The third-order valence-corrected chi connectivity index (χ3v) is 6.99. The van der Waals surface area contributed by atoms with Gasteiger partial charge in [-0.15, -0.1) is 0 Å². The number of rotatable bonds is 7. The zero-order valence-electron chi connectivity index (χ0n) is 17.7. The number of amides is 1. The summed E-state index contributed by atoms with van der Waals surface area (Å²) in [5.41, 5.74) is 2.71. The average Bonchev–Trinajstić information content (AvgIpc) is 3.14. The van der Waals surface area contributed by atoms with Crippen molar-refractivity contribution in [2.75, 3.05) is 6.61 Å². The standard InChI is InChI=1S/C25H20BrIN2O3S/c1-2-31-21-13-17(12-18(26)23(21)32-15-16-8-4-3-5-9-16)14-22-24(30)29-25(33-22)28-20-11-7-6-10-19(20)27/h3-14H,2,15H2,1H3,(H,28,29,30)/b22-14+. The van der Waals surface area contributed by atoms with E-state index in [4.69, 9.17) is 9.47 Å². The van der Waals surface area contributed by atoms with Crippen LogP contribution in [0, 0.1) is 3.57 Å². The number of thioether (sulfide) groups is 1. The lowest BCUT2D eigenvalue weighted by Crippen LogP contribution is -2.19. The minimum atomic E-state index is -0.178. The van der Waals surface area contributed by atoms with Gasteiger partial charge in [0.05, 0.1) is 21.7 Å². The number of amidine groups is 1. The zero-order valence-corrected chi connectivity index (χ0v) is 22.2. The normalized spacial score (nSPS) is 15.7. The fourth-order valence-corrected chi connectivity index (χ4v) is 5.00. The van der Waals surface area contributed by atoms with Crippen LogP contribution < -0.4 is 14.8 Å². The van der Waals surface area contributed by atoms with E-state index in [9.17, 15) is 4.79 Å². The smallest absolute Gasteiger partial charge is 0.264 e. The summed E-state index contributed by atoms with van der Waals surface area (Å²) in [5, 5.41) is 3.40. The van der Waals surface area contributed by atoms with E-state index in [2.05, 4.69) is 48.8 Å². The number of halogens is 2. The molecule has 0 atom stereocenters. The number of ether oxygens (including phenoxy) is 2. The van der Waals surface area contributed by atoms with Crippen molar-refractivity contribution in [2.45, 2.75) is 13.5 Å². The molecular formula is C25H20BrIN2O3S. The van der Waals surface area contributed by atoms with Gasteiger partial charge in [-0.05, 0) is 98.7 Å². The van der Waals surface area contributed by atoms with Gasteiger partial charge in [0.2, 0.25) is 0 Å². The van der Waals surface area contributed by atoms with Crippen molar-refractivity contribution in [3.63, 3.8) is 0 Å². The molecule has 4 rings (SSSR count). The van der Waals surface area contributed by atoms with Crippen molar-refractivity contribution in [3.05, 3.63) is 90.8 Å². The molecule has 3 aromatic rings. The van der Waals surface area contributed by atoms with E-state index in [1.165, 1.54) is 11.8 Å². The van der Waals surface area contributed by atoms with Gasteiger partial charge >= 0.3 is 0 Å². The largest absolute Gasteiger partial charge is 0.490 e. The first-order chi connectivity index (χ1) is 16.0. The maximum absolute atomic E-state index is 12.5. The summed E-state index contributed by atoms with van der Waals surface area (Å²) in [6.45, 7) is 2.85. The lowest BCUT2D eigenvalue weighted by atomic mass is 10.1. The highest BCUT2D eigenvalue weighted by atomic mass is 127. The van der Waals surface area contributed by atoms with Crippen LogP contribution in [0.1, 0.15) is 18.1 Å². The molecule has 5 nitrogen and oxygen atoms in total. The summed E-state index contributed by atoms with van der Waals surface area (Å²) < 4.78 is 13.7. The van der Waals surface area contributed by atoms with Gasteiger partial charge in [0.15, 0.2) is 16.7 Å². The molecule has 0 aliphatic carbocycles. The Hall–Kier alpha value is -2.30. The maximum atomic E-state index is 12.5. The van der Waals surface area contributed by atoms with Crippen LogP contribution in [0.4, 0.5) is 5.69 Å². The maximum Gasteiger partial charge on any atom is 0.264 e.